The molecule has 33 heavy (non-hydrogen) atoms. The first-order chi connectivity index (χ1) is 15.9. The summed E-state index contributed by atoms with van der Waals surface area (Å²) >= 11 is 0. The fraction of sp³-hybridized carbons (Fsp3) is 0.600. The first kappa shape index (κ1) is 24.3. The lowest BCUT2D eigenvalue weighted by atomic mass is 9.73. The van der Waals surface area contributed by atoms with E-state index in [9.17, 15) is 5.11 Å². The number of likely N-dealkylation sites (tertiary alicyclic amines) is 2. The van der Waals surface area contributed by atoms with Crippen LogP contribution in [0.4, 0.5) is 0 Å². The molecule has 0 spiro atoms. The van der Waals surface area contributed by atoms with Crippen LogP contribution in [0, 0.1) is 0 Å². The predicted octanol–water partition coefficient (Wildman–Crippen LogP) is 6.59. The minimum Gasteiger partial charge on any atom is -0.507 e. The zero-order chi connectivity index (χ0) is 23.5. The first-order valence-corrected chi connectivity index (χ1v) is 13.2. The largest absolute Gasteiger partial charge is 0.507 e. The third kappa shape index (κ3) is 5.00. The van der Waals surface area contributed by atoms with Gasteiger partial charge in [0, 0.05) is 29.5 Å². The van der Waals surface area contributed by atoms with E-state index in [2.05, 4.69) is 80.2 Å². The minimum absolute atomic E-state index is 0.139. The van der Waals surface area contributed by atoms with Gasteiger partial charge in [-0.1, -0.05) is 63.1 Å². The van der Waals surface area contributed by atoms with Crippen molar-refractivity contribution in [1.29, 1.82) is 0 Å². The number of hydrogen-bond donors (Lipinski definition) is 1. The molecule has 0 radical (unpaired) electrons. The molecule has 0 amide bonds. The Morgan fingerprint density at radius 1 is 0.758 bits per heavy atom. The predicted molar refractivity (Wildman–Crippen MR) is 140 cm³/mol. The third-order valence-corrected chi connectivity index (χ3v) is 8.79. The molecule has 2 atom stereocenters. The molecule has 2 unspecified atom stereocenters. The van der Waals surface area contributed by atoms with E-state index in [1.54, 1.807) is 0 Å². The van der Waals surface area contributed by atoms with Crippen molar-refractivity contribution in [3.8, 4) is 16.9 Å². The molecule has 0 bridgehead atoms. The molecule has 2 aromatic rings. The maximum atomic E-state index is 11.2. The molecule has 0 aliphatic carbocycles. The second-order valence-corrected chi connectivity index (χ2v) is 11.0. The first-order valence-electron chi connectivity index (χ1n) is 13.2. The summed E-state index contributed by atoms with van der Waals surface area (Å²) in [5, 5.41) is 11.2. The Bertz CT molecular complexity index is 941. The van der Waals surface area contributed by atoms with Crippen LogP contribution in [-0.2, 0) is 10.8 Å². The standard InChI is InChI=1S/C30H44N2O/c1-5-29(16-7-9-18-31(3)22-29)25-13-11-12-24(20-25)27-15-14-26(21-28(27)33)30(6-2)17-8-10-19-32(4)23-30/h11-15,20-21,33H,5-10,16-19,22-23H2,1-4H3. The summed E-state index contributed by atoms with van der Waals surface area (Å²) in [6.07, 6.45) is 9.81. The Morgan fingerprint density at radius 2 is 1.33 bits per heavy atom. The van der Waals surface area contributed by atoms with Gasteiger partial charge in [-0.3, -0.25) is 0 Å². The lowest BCUT2D eigenvalue weighted by Crippen LogP contribution is -2.37. The molecule has 2 heterocycles. The lowest BCUT2D eigenvalue weighted by molar-refractivity contribution is 0.256. The highest BCUT2D eigenvalue weighted by molar-refractivity contribution is 5.71. The smallest absolute Gasteiger partial charge is 0.123 e. The van der Waals surface area contributed by atoms with Gasteiger partial charge in [-0.05, 0) is 88.5 Å². The number of nitrogens with zero attached hydrogens (tertiary/aromatic N) is 2. The van der Waals surface area contributed by atoms with Gasteiger partial charge in [-0.2, -0.15) is 0 Å². The molecule has 3 nitrogen and oxygen atoms in total. The van der Waals surface area contributed by atoms with Crippen LogP contribution in [0.15, 0.2) is 42.5 Å². The summed E-state index contributed by atoms with van der Waals surface area (Å²) in [5.74, 6) is 0.424. The fourth-order valence-corrected chi connectivity index (χ4v) is 6.62. The maximum absolute atomic E-state index is 11.2. The second kappa shape index (κ2) is 10.2. The summed E-state index contributed by atoms with van der Waals surface area (Å²) in [6, 6.07) is 15.5. The molecule has 4 rings (SSSR count). The Kier molecular flexibility index (Phi) is 7.50. The second-order valence-electron chi connectivity index (χ2n) is 11.0. The van der Waals surface area contributed by atoms with Gasteiger partial charge >= 0.3 is 0 Å². The zero-order valence-electron chi connectivity index (χ0n) is 21.4. The van der Waals surface area contributed by atoms with E-state index in [1.165, 1.54) is 62.7 Å². The van der Waals surface area contributed by atoms with Crippen molar-refractivity contribution in [3.05, 3.63) is 53.6 Å². The van der Waals surface area contributed by atoms with Crippen LogP contribution in [-0.4, -0.2) is 55.2 Å². The third-order valence-electron chi connectivity index (χ3n) is 8.79. The zero-order valence-corrected chi connectivity index (χ0v) is 21.4. The summed E-state index contributed by atoms with van der Waals surface area (Å²) in [4.78, 5) is 4.97. The maximum Gasteiger partial charge on any atom is 0.123 e. The van der Waals surface area contributed by atoms with Crippen LogP contribution in [0.3, 0.4) is 0 Å². The number of benzene rings is 2. The van der Waals surface area contributed by atoms with E-state index in [-0.39, 0.29) is 10.8 Å². The summed E-state index contributed by atoms with van der Waals surface area (Å²) in [5.41, 5.74) is 5.16. The van der Waals surface area contributed by atoms with Crippen LogP contribution in [0.2, 0.25) is 0 Å². The molecule has 0 aromatic heterocycles. The molecule has 3 heteroatoms. The van der Waals surface area contributed by atoms with E-state index in [0.29, 0.717) is 5.75 Å². The van der Waals surface area contributed by atoms with Crippen LogP contribution < -0.4 is 0 Å². The number of likely N-dealkylation sites (N-methyl/N-ethyl adjacent to an activating group) is 2. The molecule has 2 aromatic carbocycles. The number of hydrogen-bond acceptors (Lipinski definition) is 3. The van der Waals surface area contributed by atoms with Gasteiger partial charge in [0.15, 0.2) is 0 Å². The quantitative estimate of drug-likeness (QED) is 0.559. The van der Waals surface area contributed by atoms with Gasteiger partial charge in [0.1, 0.15) is 5.75 Å². The van der Waals surface area contributed by atoms with E-state index in [1.807, 2.05) is 0 Å². The van der Waals surface area contributed by atoms with Crippen LogP contribution in [0.25, 0.3) is 11.1 Å². The van der Waals surface area contributed by atoms with Gasteiger partial charge in [0.25, 0.3) is 0 Å². The van der Waals surface area contributed by atoms with E-state index >= 15 is 0 Å². The van der Waals surface area contributed by atoms with Gasteiger partial charge in [0.2, 0.25) is 0 Å². The number of phenols is 1. The Morgan fingerprint density at radius 3 is 1.88 bits per heavy atom. The highest BCUT2D eigenvalue weighted by Crippen LogP contribution is 2.42. The number of phenolic OH excluding ortho intramolecular Hbond substituents is 1. The molecule has 1 N–H and O–H groups in total. The van der Waals surface area contributed by atoms with Crippen LogP contribution in [0.5, 0.6) is 5.75 Å². The Labute approximate surface area is 201 Å². The van der Waals surface area contributed by atoms with Crippen molar-refractivity contribution in [2.24, 2.45) is 0 Å². The van der Waals surface area contributed by atoms with Gasteiger partial charge < -0.3 is 14.9 Å². The van der Waals surface area contributed by atoms with Crippen molar-refractivity contribution in [2.45, 2.75) is 76.0 Å². The van der Waals surface area contributed by atoms with E-state index in [0.717, 1.165) is 37.1 Å². The number of aromatic hydroxyl groups is 1. The average molecular weight is 449 g/mol. The normalized spacial score (nSPS) is 27.8. The summed E-state index contributed by atoms with van der Waals surface area (Å²) in [7, 11) is 4.50. The lowest BCUT2D eigenvalue weighted by Gasteiger charge is -2.36. The molecule has 180 valence electrons. The van der Waals surface area contributed by atoms with Crippen molar-refractivity contribution in [2.75, 3.05) is 40.3 Å². The fourth-order valence-electron chi connectivity index (χ4n) is 6.62. The molecular weight excluding hydrogens is 404 g/mol. The van der Waals surface area contributed by atoms with Crippen molar-refractivity contribution in [3.63, 3.8) is 0 Å². The molecule has 2 aliphatic rings. The van der Waals surface area contributed by atoms with Crippen LogP contribution in [0.1, 0.15) is 76.3 Å². The highest BCUT2D eigenvalue weighted by Gasteiger charge is 2.35. The Balaban J connectivity index is 1.68. The van der Waals surface area contributed by atoms with E-state index in [4.69, 9.17) is 0 Å². The Hall–Kier alpha value is -1.84. The SMILES string of the molecule is CCC1(c2cccc(-c3ccc(C4(CC)CCCCN(C)C4)cc3O)c2)CCCCN(C)C1. The molecule has 2 saturated heterocycles. The van der Waals surface area contributed by atoms with Crippen LogP contribution >= 0.6 is 0 Å². The molecular formula is C30H44N2O. The van der Waals surface area contributed by atoms with Gasteiger partial charge in [0.05, 0.1) is 0 Å². The summed E-state index contributed by atoms with van der Waals surface area (Å²) < 4.78 is 0. The highest BCUT2D eigenvalue weighted by atomic mass is 16.3. The van der Waals surface area contributed by atoms with Gasteiger partial charge in [-0.25, -0.2) is 0 Å². The average Bonchev–Trinajstić information content (AvgIpc) is 3.15. The topological polar surface area (TPSA) is 26.7 Å². The summed E-state index contributed by atoms with van der Waals surface area (Å²) in [6.45, 7) is 9.20. The van der Waals surface area contributed by atoms with Crippen molar-refractivity contribution >= 4 is 0 Å². The molecule has 2 aliphatic heterocycles. The monoisotopic (exact) mass is 448 g/mol. The molecule has 0 saturated carbocycles. The molecule has 2 fully saturated rings. The van der Waals surface area contributed by atoms with E-state index < -0.39 is 0 Å². The van der Waals surface area contributed by atoms with Crippen molar-refractivity contribution in [1.82, 2.24) is 9.80 Å². The van der Waals surface area contributed by atoms with Crippen molar-refractivity contribution < 1.29 is 5.11 Å². The number of rotatable bonds is 5. The van der Waals surface area contributed by atoms with Gasteiger partial charge in [-0.15, -0.1) is 0 Å². The minimum atomic E-state index is 0.139.